The van der Waals surface area contributed by atoms with Crippen molar-refractivity contribution in [3.63, 3.8) is 0 Å². The SMILES string of the molecule is Cc1cc(-c2c(C(F)(F)F)cc(C(=O)O)c(N)c2C)ncc1F. The lowest BCUT2D eigenvalue weighted by molar-refractivity contribution is -0.137. The monoisotopic (exact) mass is 328 g/mol. The third-order valence-electron chi connectivity index (χ3n) is 3.47. The number of carboxylic acids is 1. The van der Waals surface area contributed by atoms with Gasteiger partial charge in [-0.05, 0) is 37.1 Å². The van der Waals surface area contributed by atoms with Gasteiger partial charge in [-0.3, -0.25) is 4.98 Å². The minimum atomic E-state index is -4.82. The van der Waals surface area contributed by atoms with Gasteiger partial charge in [0.15, 0.2) is 0 Å². The fourth-order valence-corrected chi connectivity index (χ4v) is 2.24. The van der Waals surface area contributed by atoms with Gasteiger partial charge in [0, 0.05) is 11.3 Å². The molecule has 0 fully saturated rings. The fourth-order valence-electron chi connectivity index (χ4n) is 2.24. The lowest BCUT2D eigenvalue weighted by Crippen LogP contribution is -2.14. The molecular formula is C15H12F4N2O2. The van der Waals surface area contributed by atoms with E-state index < -0.39 is 29.1 Å². The second kappa shape index (κ2) is 5.53. The molecule has 0 aliphatic rings. The Bertz CT molecular complexity index is 801. The van der Waals surface area contributed by atoms with Crippen molar-refractivity contribution in [1.82, 2.24) is 4.98 Å². The Morgan fingerprint density at radius 1 is 1.26 bits per heavy atom. The first-order valence-electron chi connectivity index (χ1n) is 6.40. The van der Waals surface area contributed by atoms with Gasteiger partial charge >= 0.3 is 12.1 Å². The minimum Gasteiger partial charge on any atom is -0.478 e. The number of rotatable bonds is 2. The Hall–Kier alpha value is -2.64. The average Bonchev–Trinajstić information content (AvgIpc) is 2.43. The molecule has 0 bridgehead atoms. The van der Waals surface area contributed by atoms with Crippen LogP contribution in [0.4, 0.5) is 23.2 Å². The Morgan fingerprint density at radius 2 is 1.87 bits per heavy atom. The van der Waals surface area contributed by atoms with E-state index in [4.69, 9.17) is 10.8 Å². The van der Waals surface area contributed by atoms with Crippen LogP contribution in [0.3, 0.4) is 0 Å². The molecule has 1 heterocycles. The van der Waals surface area contributed by atoms with Crippen LogP contribution in [0.2, 0.25) is 0 Å². The summed E-state index contributed by atoms with van der Waals surface area (Å²) in [5.74, 6) is -2.22. The van der Waals surface area contributed by atoms with Crippen LogP contribution in [-0.2, 0) is 6.18 Å². The van der Waals surface area contributed by atoms with E-state index in [-0.39, 0.29) is 28.1 Å². The molecule has 2 aromatic rings. The maximum atomic E-state index is 13.3. The van der Waals surface area contributed by atoms with E-state index in [9.17, 15) is 22.4 Å². The highest BCUT2D eigenvalue weighted by Crippen LogP contribution is 2.41. The smallest absolute Gasteiger partial charge is 0.417 e. The van der Waals surface area contributed by atoms with Crippen LogP contribution in [-0.4, -0.2) is 16.1 Å². The Labute approximate surface area is 128 Å². The number of anilines is 1. The van der Waals surface area contributed by atoms with Crippen LogP contribution in [0.15, 0.2) is 18.3 Å². The van der Waals surface area contributed by atoms with E-state index in [1.807, 2.05) is 0 Å². The number of alkyl halides is 3. The number of hydrogen-bond acceptors (Lipinski definition) is 3. The molecule has 4 nitrogen and oxygen atoms in total. The fraction of sp³-hybridized carbons (Fsp3) is 0.200. The van der Waals surface area contributed by atoms with E-state index in [0.717, 1.165) is 12.3 Å². The molecule has 0 unspecified atom stereocenters. The van der Waals surface area contributed by atoms with Crippen LogP contribution in [0, 0.1) is 19.7 Å². The molecule has 0 saturated carbocycles. The van der Waals surface area contributed by atoms with Gasteiger partial charge in [-0.25, -0.2) is 9.18 Å². The highest BCUT2D eigenvalue weighted by Gasteiger charge is 2.37. The summed E-state index contributed by atoms with van der Waals surface area (Å²) >= 11 is 0. The van der Waals surface area contributed by atoms with Gasteiger partial charge in [-0.2, -0.15) is 13.2 Å². The summed E-state index contributed by atoms with van der Waals surface area (Å²) in [5.41, 5.74) is 3.10. The highest BCUT2D eigenvalue weighted by molar-refractivity contribution is 5.97. The second-order valence-corrected chi connectivity index (χ2v) is 5.01. The standard InChI is InChI=1S/C15H12F4N2O2/c1-6-3-11(21-5-10(6)16)12-7(2)13(20)8(14(22)23)4-9(12)15(17,18)19/h3-5H,20H2,1-2H3,(H,22,23). The molecule has 0 aliphatic carbocycles. The Morgan fingerprint density at radius 3 is 2.35 bits per heavy atom. The van der Waals surface area contributed by atoms with Gasteiger partial charge in [-0.15, -0.1) is 0 Å². The number of aryl methyl sites for hydroxylation is 1. The van der Waals surface area contributed by atoms with Crippen molar-refractivity contribution < 1.29 is 27.5 Å². The Balaban J connectivity index is 2.88. The zero-order chi connectivity index (χ0) is 17.5. The zero-order valence-electron chi connectivity index (χ0n) is 12.1. The van der Waals surface area contributed by atoms with Crippen molar-refractivity contribution in [2.45, 2.75) is 20.0 Å². The Kier molecular flexibility index (Phi) is 4.02. The molecule has 0 spiro atoms. The molecule has 122 valence electrons. The summed E-state index contributed by atoms with van der Waals surface area (Å²) in [6, 6.07) is 1.63. The number of carbonyl (C=O) groups is 1. The van der Waals surface area contributed by atoms with E-state index >= 15 is 0 Å². The molecule has 23 heavy (non-hydrogen) atoms. The number of hydrogen-bond donors (Lipinski definition) is 2. The summed E-state index contributed by atoms with van der Waals surface area (Å²) in [6.07, 6.45) is -4.01. The lowest BCUT2D eigenvalue weighted by Gasteiger charge is -2.18. The van der Waals surface area contributed by atoms with Gasteiger partial charge in [0.1, 0.15) is 5.82 Å². The number of aromatic carboxylic acids is 1. The normalized spacial score (nSPS) is 11.6. The molecule has 8 heteroatoms. The van der Waals surface area contributed by atoms with E-state index in [2.05, 4.69) is 4.98 Å². The van der Waals surface area contributed by atoms with Gasteiger partial charge in [0.05, 0.1) is 23.0 Å². The quantitative estimate of drug-likeness (QED) is 0.649. The minimum absolute atomic E-state index is 0.0734. The topological polar surface area (TPSA) is 76.2 Å². The molecule has 2 rings (SSSR count). The first-order valence-corrected chi connectivity index (χ1v) is 6.40. The largest absolute Gasteiger partial charge is 0.478 e. The molecule has 0 saturated heterocycles. The number of nitrogens with two attached hydrogens (primary N) is 1. The van der Waals surface area contributed by atoms with Gasteiger partial charge in [0.25, 0.3) is 0 Å². The summed E-state index contributed by atoms with van der Waals surface area (Å²) in [5, 5.41) is 9.01. The summed E-state index contributed by atoms with van der Waals surface area (Å²) in [4.78, 5) is 14.8. The van der Waals surface area contributed by atoms with Crippen molar-refractivity contribution in [2.24, 2.45) is 0 Å². The predicted molar refractivity (Wildman–Crippen MR) is 75.5 cm³/mol. The number of benzene rings is 1. The second-order valence-electron chi connectivity index (χ2n) is 5.01. The van der Waals surface area contributed by atoms with Gasteiger partial charge < -0.3 is 10.8 Å². The molecule has 0 aliphatic heterocycles. The van der Waals surface area contributed by atoms with Crippen LogP contribution in [0.25, 0.3) is 11.3 Å². The molecule has 0 amide bonds. The summed E-state index contributed by atoms with van der Waals surface area (Å²) < 4.78 is 53.3. The predicted octanol–water partition coefficient (Wildman–Crippen LogP) is 3.80. The van der Waals surface area contributed by atoms with Crippen LogP contribution in [0.1, 0.15) is 27.0 Å². The molecular weight excluding hydrogens is 316 g/mol. The molecule has 0 atom stereocenters. The number of carboxylic acid groups (broad SMARTS) is 1. The third kappa shape index (κ3) is 2.96. The third-order valence-corrected chi connectivity index (χ3v) is 3.47. The van der Waals surface area contributed by atoms with Crippen LogP contribution in [0.5, 0.6) is 0 Å². The molecule has 0 radical (unpaired) electrons. The number of aromatic nitrogens is 1. The van der Waals surface area contributed by atoms with Crippen LogP contribution < -0.4 is 5.73 Å². The number of nitrogens with zero attached hydrogens (tertiary/aromatic N) is 1. The zero-order valence-corrected chi connectivity index (χ0v) is 12.1. The number of nitrogen functional groups attached to an aromatic ring is 1. The average molecular weight is 328 g/mol. The van der Waals surface area contributed by atoms with Crippen molar-refractivity contribution in [2.75, 3.05) is 5.73 Å². The summed E-state index contributed by atoms with van der Waals surface area (Å²) in [6.45, 7) is 2.66. The maximum absolute atomic E-state index is 13.3. The molecule has 1 aromatic carbocycles. The van der Waals surface area contributed by atoms with Crippen molar-refractivity contribution in [3.05, 3.63) is 46.4 Å². The van der Waals surface area contributed by atoms with Crippen molar-refractivity contribution >= 4 is 11.7 Å². The van der Waals surface area contributed by atoms with Gasteiger partial charge in [-0.1, -0.05) is 0 Å². The number of pyridine rings is 1. The maximum Gasteiger partial charge on any atom is 0.417 e. The molecule has 1 aromatic heterocycles. The van der Waals surface area contributed by atoms with Crippen LogP contribution >= 0.6 is 0 Å². The first kappa shape index (κ1) is 16.7. The van der Waals surface area contributed by atoms with E-state index in [1.54, 1.807) is 0 Å². The first-order chi connectivity index (χ1) is 10.5. The van der Waals surface area contributed by atoms with Crippen molar-refractivity contribution in [3.8, 4) is 11.3 Å². The summed E-state index contributed by atoms with van der Waals surface area (Å²) in [7, 11) is 0. The number of halogens is 4. The van der Waals surface area contributed by atoms with E-state index in [1.165, 1.54) is 13.8 Å². The molecule has 3 N–H and O–H groups in total. The highest BCUT2D eigenvalue weighted by atomic mass is 19.4. The van der Waals surface area contributed by atoms with E-state index in [0.29, 0.717) is 6.07 Å². The van der Waals surface area contributed by atoms with Gasteiger partial charge in [0.2, 0.25) is 0 Å². The van der Waals surface area contributed by atoms with Crippen molar-refractivity contribution in [1.29, 1.82) is 0 Å². The lowest BCUT2D eigenvalue weighted by atomic mass is 9.92.